The van der Waals surface area contributed by atoms with Crippen LogP contribution in [0.25, 0.3) is 0 Å². The summed E-state index contributed by atoms with van der Waals surface area (Å²) in [5.74, 6) is -0.945. The van der Waals surface area contributed by atoms with E-state index in [0.29, 0.717) is 5.03 Å². The number of rotatable bonds is 3. The number of hydrogen-bond donors (Lipinski definition) is 0. The molecule has 0 saturated heterocycles. The van der Waals surface area contributed by atoms with Gasteiger partial charge in [-0.15, -0.1) is 0 Å². The van der Waals surface area contributed by atoms with Crippen molar-refractivity contribution < 1.29 is 8.78 Å². The van der Waals surface area contributed by atoms with Crippen LogP contribution in [0.1, 0.15) is 5.56 Å². The monoisotopic (exact) mass is 316 g/mol. The van der Waals surface area contributed by atoms with Crippen molar-refractivity contribution in [1.29, 1.82) is 0 Å². The minimum absolute atomic E-state index is 0.0371. The highest BCUT2D eigenvalue weighted by molar-refractivity contribution is 9.10. The molecular formula is C11H7BrF2N2S. The van der Waals surface area contributed by atoms with E-state index in [4.69, 9.17) is 0 Å². The molecule has 1 aromatic heterocycles. The predicted molar refractivity (Wildman–Crippen MR) is 65.7 cm³/mol. The van der Waals surface area contributed by atoms with E-state index < -0.39 is 11.6 Å². The number of nitrogens with zero attached hydrogens (tertiary/aromatic N) is 2. The number of benzene rings is 1. The van der Waals surface area contributed by atoms with Gasteiger partial charge in [0.2, 0.25) is 0 Å². The number of aromatic nitrogens is 2. The van der Waals surface area contributed by atoms with Gasteiger partial charge < -0.3 is 0 Å². The zero-order valence-electron chi connectivity index (χ0n) is 8.53. The summed E-state index contributed by atoms with van der Waals surface area (Å²) in [4.78, 5) is 7.90. The molecule has 6 heteroatoms. The highest BCUT2D eigenvalue weighted by atomic mass is 79.9. The van der Waals surface area contributed by atoms with Crippen molar-refractivity contribution in [2.75, 3.05) is 0 Å². The molecule has 0 bridgehead atoms. The molecule has 17 heavy (non-hydrogen) atoms. The normalized spacial score (nSPS) is 10.5. The highest BCUT2D eigenvalue weighted by Gasteiger charge is 2.12. The summed E-state index contributed by atoms with van der Waals surface area (Å²) in [6, 6.07) is 2.58. The summed E-state index contributed by atoms with van der Waals surface area (Å²) in [5.41, 5.74) is 0.0371. The second-order valence-electron chi connectivity index (χ2n) is 3.15. The van der Waals surface area contributed by atoms with Crippen molar-refractivity contribution >= 4 is 27.7 Å². The van der Waals surface area contributed by atoms with E-state index in [-0.39, 0.29) is 15.8 Å². The Labute approximate surface area is 110 Å². The lowest BCUT2D eigenvalue weighted by molar-refractivity contribution is 0.562. The Morgan fingerprint density at radius 2 is 2.06 bits per heavy atom. The van der Waals surface area contributed by atoms with Crippen LogP contribution in [0.4, 0.5) is 8.78 Å². The quantitative estimate of drug-likeness (QED) is 0.636. The first kappa shape index (κ1) is 12.4. The lowest BCUT2D eigenvalue weighted by atomic mass is 10.2. The van der Waals surface area contributed by atoms with Gasteiger partial charge in [0, 0.05) is 23.7 Å². The van der Waals surface area contributed by atoms with Crippen LogP contribution < -0.4 is 0 Å². The van der Waals surface area contributed by atoms with Gasteiger partial charge in [-0.3, -0.25) is 4.98 Å². The Kier molecular flexibility index (Phi) is 4.06. The van der Waals surface area contributed by atoms with Crippen LogP contribution in [-0.4, -0.2) is 9.97 Å². The van der Waals surface area contributed by atoms with Gasteiger partial charge in [-0.05, 0) is 28.1 Å². The molecule has 0 unspecified atom stereocenters. The van der Waals surface area contributed by atoms with Crippen molar-refractivity contribution in [3.8, 4) is 0 Å². The Balaban J connectivity index is 2.17. The smallest absolute Gasteiger partial charge is 0.144 e. The van der Waals surface area contributed by atoms with E-state index >= 15 is 0 Å². The number of halogens is 3. The SMILES string of the molecule is Fc1ccc(Br)c(F)c1CSc1cnccn1. The van der Waals surface area contributed by atoms with Crippen LogP contribution in [0.2, 0.25) is 0 Å². The summed E-state index contributed by atoms with van der Waals surface area (Å²) < 4.78 is 27.3. The minimum Gasteiger partial charge on any atom is -0.260 e. The summed E-state index contributed by atoms with van der Waals surface area (Å²) in [6.45, 7) is 0. The van der Waals surface area contributed by atoms with Crippen molar-refractivity contribution in [2.24, 2.45) is 0 Å². The molecule has 88 valence electrons. The fourth-order valence-electron chi connectivity index (χ4n) is 1.21. The number of thioether (sulfide) groups is 1. The molecule has 1 aromatic carbocycles. The van der Waals surface area contributed by atoms with Crippen LogP contribution in [0.5, 0.6) is 0 Å². The predicted octanol–water partition coefficient (Wildman–Crippen LogP) is 3.81. The van der Waals surface area contributed by atoms with E-state index in [1.165, 1.54) is 30.1 Å². The first-order chi connectivity index (χ1) is 8.18. The molecule has 1 heterocycles. The third kappa shape index (κ3) is 3.01. The zero-order valence-corrected chi connectivity index (χ0v) is 10.9. The Morgan fingerprint density at radius 1 is 1.24 bits per heavy atom. The lowest BCUT2D eigenvalue weighted by Crippen LogP contribution is -1.95. The van der Waals surface area contributed by atoms with Gasteiger partial charge >= 0.3 is 0 Å². The minimum atomic E-state index is -0.568. The summed E-state index contributed by atoms with van der Waals surface area (Å²) in [5, 5.41) is 0.631. The van der Waals surface area contributed by atoms with Gasteiger partial charge in [-0.25, -0.2) is 13.8 Å². The average Bonchev–Trinajstić information content (AvgIpc) is 2.35. The molecule has 0 atom stereocenters. The third-order valence-corrected chi connectivity index (χ3v) is 3.59. The van der Waals surface area contributed by atoms with Crippen molar-refractivity contribution in [3.63, 3.8) is 0 Å². The zero-order chi connectivity index (χ0) is 12.3. The molecule has 0 aliphatic rings. The van der Waals surface area contributed by atoms with E-state index in [9.17, 15) is 8.78 Å². The maximum atomic E-state index is 13.6. The van der Waals surface area contributed by atoms with Crippen LogP contribution in [0.3, 0.4) is 0 Å². The van der Waals surface area contributed by atoms with Gasteiger partial charge in [0.05, 0.1) is 10.7 Å². The summed E-state index contributed by atoms with van der Waals surface area (Å²) in [6.07, 6.45) is 4.64. The third-order valence-electron chi connectivity index (χ3n) is 2.04. The van der Waals surface area contributed by atoms with Crippen LogP contribution in [0, 0.1) is 11.6 Å². The maximum absolute atomic E-state index is 13.6. The molecule has 0 amide bonds. The Bertz CT molecular complexity index is 522. The fourth-order valence-corrected chi connectivity index (χ4v) is 2.41. The van der Waals surface area contributed by atoms with Crippen molar-refractivity contribution in [3.05, 3.63) is 52.4 Å². The van der Waals surface area contributed by atoms with Gasteiger partial charge in [-0.1, -0.05) is 11.8 Å². The first-order valence-electron chi connectivity index (χ1n) is 4.69. The molecule has 0 N–H and O–H groups in total. The van der Waals surface area contributed by atoms with E-state index in [1.807, 2.05) is 0 Å². The van der Waals surface area contributed by atoms with Gasteiger partial charge in [0.25, 0.3) is 0 Å². The lowest BCUT2D eigenvalue weighted by Gasteiger charge is -2.05. The van der Waals surface area contributed by atoms with Crippen molar-refractivity contribution in [2.45, 2.75) is 10.8 Å². The average molecular weight is 317 g/mol. The summed E-state index contributed by atoms with van der Waals surface area (Å²) >= 11 is 4.26. The molecule has 0 spiro atoms. The van der Waals surface area contributed by atoms with E-state index in [2.05, 4.69) is 25.9 Å². The molecule has 0 fully saturated rings. The largest absolute Gasteiger partial charge is 0.260 e. The first-order valence-corrected chi connectivity index (χ1v) is 6.47. The van der Waals surface area contributed by atoms with Crippen LogP contribution >= 0.6 is 27.7 Å². The second kappa shape index (κ2) is 5.55. The van der Waals surface area contributed by atoms with Gasteiger partial charge in [-0.2, -0.15) is 0 Å². The summed E-state index contributed by atoms with van der Waals surface area (Å²) in [7, 11) is 0. The molecule has 0 saturated carbocycles. The molecule has 0 aliphatic carbocycles. The Hall–Kier alpha value is -1.01. The fraction of sp³-hybridized carbons (Fsp3) is 0.0909. The topological polar surface area (TPSA) is 25.8 Å². The maximum Gasteiger partial charge on any atom is 0.144 e. The van der Waals surface area contributed by atoms with Gasteiger partial charge in [0.1, 0.15) is 16.7 Å². The number of hydrogen-bond acceptors (Lipinski definition) is 3. The van der Waals surface area contributed by atoms with E-state index in [1.54, 1.807) is 12.4 Å². The van der Waals surface area contributed by atoms with Gasteiger partial charge in [0.15, 0.2) is 0 Å². The van der Waals surface area contributed by atoms with E-state index in [0.717, 1.165) is 0 Å². The molecule has 2 aromatic rings. The standard InChI is InChI=1S/C11H7BrF2N2S/c12-8-1-2-9(13)7(11(8)14)6-17-10-5-15-3-4-16-10/h1-5H,6H2. The molecule has 2 nitrogen and oxygen atoms in total. The van der Waals surface area contributed by atoms with Crippen molar-refractivity contribution in [1.82, 2.24) is 9.97 Å². The molecule has 0 aliphatic heterocycles. The second-order valence-corrected chi connectivity index (χ2v) is 5.00. The molecule has 0 radical (unpaired) electrons. The van der Waals surface area contributed by atoms with Crippen LogP contribution in [0.15, 0.2) is 40.2 Å². The Morgan fingerprint density at radius 3 is 2.76 bits per heavy atom. The molecular weight excluding hydrogens is 310 g/mol. The van der Waals surface area contributed by atoms with Crippen LogP contribution in [-0.2, 0) is 5.75 Å². The molecule has 2 rings (SSSR count). The highest BCUT2D eigenvalue weighted by Crippen LogP contribution is 2.27.